The highest BCUT2D eigenvalue weighted by atomic mass is 19.1. The molecule has 2 amide bonds. The highest BCUT2D eigenvalue weighted by Crippen LogP contribution is 2.28. The topological polar surface area (TPSA) is 111 Å². The minimum absolute atomic E-state index is 0.00530. The summed E-state index contributed by atoms with van der Waals surface area (Å²) in [6.45, 7) is 1.34. The standard InChI is InChI=1S/C26H18F2N6O3/c1-15(35)31-24-13-17(8-10-29-24)37-23-7-6-16(12-20(23)28)32-26(36)21-14-22(18-4-2-3-5-19(18)27)34-25(33-21)9-11-30-34/h2-14H,1H3,(H,32,36)(H,29,31,35). The van der Waals surface area contributed by atoms with Crippen LogP contribution in [0.25, 0.3) is 16.9 Å². The average molecular weight is 500 g/mol. The highest BCUT2D eigenvalue weighted by molar-refractivity contribution is 6.03. The molecule has 2 N–H and O–H groups in total. The molecule has 0 fully saturated rings. The number of amides is 2. The number of aromatic nitrogens is 4. The number of carbonyl (C=O) groups is 2. The van der Waals surface area contributed by atoms with Gasteiger partial charge in [0, 0.05) is 42.6 Å². The third-order valence-electron chi connectivity index (χ3n) is 5.19. The van der Waals surface area contributed by atoms with Gasteiger partial charge >= 0.3 is 0 Å². The second kappa shape index (κ2) is 9.82. The molecule has 0 saturated heterocycles. The summed E-state index contributed by atoms with van der Waals surface area (Å²) >= 11 is 0. The molecular formula is C26H18F2N6O3. The molecule has 0 unspecified atom stereocenters. The molecule has 0 aliphatic heterocycles. The van der Waals surface area contributed by atoms with Crippen molar-refractivity contribution in [3.8, 4) is 22.8 Å². The van der Waals surface area contributed by atoms with Crippen molar-refractivity contribution < 1.29 is 23.1 Å². The summed E-state index contributed by atoms with van der Waals surface area (Å²) in [6, 6.07) is 16.0. The van der Waals surface area contributed by atoms with Crippen molar-refractivity contribution in [2.45, 2.75) is 6.92 Å². The van der Waals surface area contributed by atoms with Crippen LogP contribution in [0.1, 0.15) is 17.4 Å². The molecule has 2 aromatic carbocycles. The van der Waals surface area contributed by atoms with Crippen LogP contribution in [-0.4, -0.2) is 31.4 Å². The molecule has 0 bridgehead atoms. The molecule has 0 spiro atoms. The van der Waals surface area contributed by atoms with Crippen LogP contribution in [0.4, 0.5) is 20.3 Å². The molecule has 3 heterocycles. The number of nitrogens with one attached hydrogen (secondary N) is 2. The number of halogens is 2. The largest absolute Gasteiger partial charge is 0.454 e. The summed E-state index contributed by atoms with van der Waals surface area (Å²) in [6.07, 6.45) is 2.90. The Morgan fingerprint density at radius 2 is 1.76 bits per heavy atom. The summed E-state index contributed by atoms with van der Waals surface area (Å²) in [7, 11) is 0. The van der Waals surface area contributed by atoms with Gasteiger partial charge in [-0.3, -0.25) is 9.59 Å². The van der Waals surface area contributed by atoms with E-state index in [-0.39, 0.29) is 40.2 Å². The first-order valence-electron chi connectivity index (χ1n) is 11.0. The Hall–Kier alpha value is -5.19. The van der Waals surface area contributed by atoms with E-state index < -0.39 is 17.5 Å². The van der Waals surface area contributed by atoms with Crippen LogP contribution in [0, 0.1) is 11.6 Å². The van der Waals surface area contributed by atoms with Crippen LogP contribution in [0.2, 0.25) is 0 Å². The molecule has 0 atom stereocenters. The fourth-order valence-corrected chi connectivity index (χ4v) is 3.60. The third kappa shape index (κ3) is 5.10. The van der Waals surface area contributed by atoms with E-state index in [2.05, 4.69) is 25.7 Å². The first-order chi connectivity index (χ1) is 17.9. The molecule has 0 saturated carbocycles. The summed E-state index contributed by atoms with van der Waals surface area (Å²) in [5.41, 5.74) is 1.08. The van der Waals surface area contributed by atoms with Crippen molar-refractivity contribution in [2.75, 3.05) is 10.6 Å². The van der Waals surface area contributed by atoms with E-state index >= 15 is 0 Å². The summed E-state index contributed by atoms with van der Waals surface area (Å²) in [5.74, 6) is -1.73. The number of ether oxygens (including phenoxy) is 1. The van der Waals surface area contributed by atoms with Gasteiger partial charge in [-0.1, -0.05) is 12.1 Å². The Labute approximate surface area is 208 Å². The lowest BCUT2D eigenvalue weighted by molar-refractivity contribution is -0.114. The molecule has 0 radical (unpaired) electrons. The number of carbonyl (C=O) groups excluding carboxylic acids is 2. The Morgan fingerprint density at radius 1 is 0.919 bits per heavy atom. The molecule has 37 heavy (non-hydrogen) atoms. The number of pyridine rings is 1. The van der Waals surface area contributed by atoms with Gasteiger partial charge in [0.05, 0.1) is 11.9 Å². The average Bonchev–Trinajstić information content (AvgIpc) is 3.34. The summed E-state index contributed by atoms with van der Waals surface area (Å²) in [4.78, 5) is 32.4. The zero-order valence-corrected chi connectivity index (χ0v) is 19.3. The second-order valence-corrected chi connectivity index (χ2v) is 7.87. The Bertz CT molecular complexity index is 1650. The molecule has 3 aromatic heterocycles. The fourth-order valence-electron chi connectivity index (χ4n) is 3.60. The van der Waals surface area contributed by atoms with Crippen molar-refractivity contribution in [3.63, 3.8) is 0 Å². The number of hydrogen-bond acceptors (Lipinski definition) is 6. The van der Waals surface area contributed by atoms with Crippen LogP contribution in [0.3, 0.4) is 0 Å². The van der Waals surface area contributed by atoms with Crippen LogP contribution in [0.5, 0.6) is 11.5 Å². The molecule has 5 aromatic rings. The molecule has 184 valence electrons. The Morgan fingerprint density at radius 3 is 2.54 bits per heavy atom. The number of fused-ring (bicyclic) bond motifs is 1. The van der Waals surface area contributed by atoms with Gasteiger partial charge in [-0.25, -0.2) is 23.3 Å². The lowest BCUT2D eigenvalue weighted by atomic mass is 10.1. The molecule has 0 aliphatic rings. The van der Waals surface area contributed by atoms with Crippen LogP contribution in [-0.2, 0) is 4.79 Å². The Balaban J connectivity index is 1.37. The maximum Gasteiger partial charge on any atom is 0.274 e. The minimum atomic E-state index is -0.734. The van der Waals surface area contributed by atoms with Gasteiger partial charge in [0.15, 0.2) is 17.2 Å². The predicted molar refractivity (Wildman–Crippen MR) is 131 cm³/mol. The smallest absolute Gasteiger partial charge is 0.274 e. The van der Waals surface area contributed by atoms with Gasteiger partial charge in [0.2, 0.25) is 5.91 Å². The van der Waals surface area contributed by atoms with E-state index in [1.807, 2.05) is 0 Å². The Kier molecular flexibility index (Phi) is 6.25. The third-order valence-corrected chi connectivity index (χ3v) is 5.19. The van der Waals surface area contributed by atoms with Gasteiger partial charge in [0.25, 0.3) is 5.91 Å². The number of hydrogen-bond donors (Lipinski definition) is 2. The van der Waals surface area contributed by atoms with Gasteiger partial charge in [0.1, 0.15) is 23.1 Å². The second-order valence-electron chi connectivity index (χ2n) is 7.87. The maximum atomic E-state index is 14.8. The number of rotatable bonds is 6. The summed E-state index contributed by atoms with van der Waals surface area (Å²) < 4.78 is 36.2. The van der Waals surface area contributed by atoms with Crippen LogP contribution < -0.4 is 15.4 Å². The van der Waals surface area contributed by atoms with Crippen LogP contribution in [0.15, 0.2) is 79.1 Å². The van der Waals surface area contributed by atoms with Gasteiger partial charge in [-0.05, 0) is 36.4 Å². The predicted octanol–water partition coefficient (Wildman–Crippen LogP) is 5.07. The first kappa shape index (κ1) is 23.5. The highest BCUT2D eigenvalue weighted by Gasteiger charge is 2.17. The van der Waals surface area contributed by atoms with E-state index in [1.54, 1.807) is 24.3 Å². The SMILES string of the molecule is CC(=O)Nc1cc(Oc2ccc(NC(=O)c3cc(-c4ccccc4F)n4nccc4n3)cc2F)ccn1. The van der Waals surface area contributed by atoms with E-state index in [1.165, 1.54) is 60.2 Å². The van der Waals surface area contributed by atoms with Crippen molar-refractivity contribution in [1.29, 1.82) is 0 Å². The molecule has 11 heteroatoms. The minimum Gasteiger partial charge on any atom is -0.454 e. The maximum absolute atomic E-state index is 14.8. The van der Waals surface area contributed by atoms with Gasteiger partial charge in [-0.15, -0.1) is 0 Å². The van der Waals surface area contributed by atoms with Crippen molar-refractivity contribution in [2.24, 2.45) is 0 Å². The van der Waals surface area contributed by atoms with E-state index in [0.29, 0.717) is 11.3 Å². The quantitative estimate of drug-likeness (QED) is 0.337. The van der Waals surface area contributed by atoms with Crippen molar-refractivity contribution in [3.05, 3.63) is 96.5 Å². The number of nitrogens with zero attached hydrogens (tertiary/aromatic N) is 4. The van der Waals surface area contributed by atoms with Crippen molar-refractivity contribution in [1.82, 2.24) is 19.6 Å². The molecule has 9 nitrogen and oxygen atoms in total. The monoisotopic (exact) mass is 500 g/mol. The number of anilines is 2. The van der Waals surface area contributed by atoms with Crippen molar-refractivity contribution >= 4 is 29.0 Å². The zero-order valence-electron chi connectivity index (χ0n) is 19.3. The fraction of sp³-hybridized carbons (Fsp3) is 0.0385. The zero-order chi connectivity index (χ0) is 25.9. The lowest BCUT2D eigenvalue weighted by Gasteiger charge is -2.11. The van der Waals surface area contributed by atoms with Crippen LogP contribution >= 0.6 is 0 Å². The van der Waals surface area contributed by atoms with E-state index in [9.17, 15) is 18.4 Å². The normalized spacial score (nSPS) is 10.8. The van der Waals surface area contributed by atoms with E-state index in [4.69, 9.17) is 4.74 Å². The van der Waals surface area contributed by atoms with Gasteiger partial charge < -0.3 is 15.4 Å². The van der Waals surface area contributed by atoms with Gasteiger partial charge in [-0.2, -0.15) is 5.10 Å². The lowest BCUT2D eigenvalue weighted by Crippen LogP contribution is -2.15. The molecule has 5 rings (SSSR count). The molecule has 0 aliphatic carbocycles. The van der Waals surface area contributed by atoms with E-state index in [0.717, 1.165) is 6.07 Å². The number of benzene rings is 2. The molecular weight excluding hydrogens is 482 g/mol. The summed E-state index contributed by atoms with van der Waals surface area (Å²) in [5, 5.41) is 9.27. The first-order valence-corrected chi connectivity index (χ1v) is 11.0.